The van der Waals surface area contributed by atoms with E-state index in [2.05, 4.69) is 0 Å². The van der Waals surface area contributed by atoms with E-state index in [-0.39, 0.29) is 5.78 Å². The highest BCUT2D eigenvalue weighted by molar-refractivity contribution is 5.97. The molecule has 0 aromatic heterocycles. The third-order valence-electron chi connectivity index (χ3n) is 4.48. The maximum atomic E-state index is 13.3. The van der Waals surface area contributed by atoms with Crippen LogP contribution in [0.2, 0.25) is 0 Å². The highest BCUT2D eigenvalue weighted by Gasteiger charge is 2.40. The summed E-state index contributed by atoms with van der Waals surface area (Å²) in [5.74, 6) is -0.186. The first-order chi connectivity index (χ1) is 12.1. The van der Waals surface area contributed by atoms with E-state index in [0.717, 1.165) is 16.7 Å². The molecule has 3 heteroatoms. The zero-order valence-corrected chi connectivity index (χ0v) is 14.0. The van der Waals surface area contributed by atoms with E-state index in [1.165, 1.54) is 0 Å². The zero-order valence-electron chi connectivity index (χ0n) is 14.0. The van der Waals surface area contributed by atoms with Crippen molar-refractivity contribution in [2.45, 2.75) is 18.0 Å². The maximum Gasteiger partial charge on any atom is 0.178 e. The summed E-state index contributed by atoms with van der Waals surface area (Å²) in [6.07, 6.45) is 0.457. The molecule has 0 radical (unpaired) electrons. The lowest BCUT2D eigenvalue weighted by Gasteiger charge is -2.31. The molecular weight excluding hydrogens is 308 g/mol. The van der Waals surface area contributed by atoms with Crippen LogP contribution in [0.3, 0.4) is 0 Å². The van der Waals surface area contributed by atoms with Crippen molar-refractivity contribution in [3.8, 4) is 0 Å². The molecule has 0 saturated carbocycles. The first-order valence-corrected chi connectivity index (χ1v) is 8.36. The average Bonchev–Trinajstić information content (AvgIpc) is 2.69. The molecule has 3 aromatic rings. The van der Waals surface area contributed by atoms with Crippen molar-refractivity contribution < 1.29 is 4.79 Å². The fourth-order valence-corrected chi connectivity index (χ4v) is 3.11. The summed E-state index contributed by atoms with van der Waals surface area (Å²) in [5, 5.41) is 0. The second-order valence-corrected chi connectivity index (χ2v) is 6.20. The number of hydrogen-bond acceptors (Lipinski definition) is 3. The summed E-state index contributed by atoms with van der Waals surface area (Å²) in [5.41, 5.74) is 14.2. The summed E-state index contributed by atoms with van der Waals surface area (Å²) < 4.78 is 0. The number of carbonyl (C=O) groups is 1. The van der Waals surface area contributed by atoms with Crippen molar-refractivity contribution >= 4 is 5.78 Å². The highest BCUT2D eigenvalue weighted by atomic mass is 16.1. The van der Waals surface area contributed by atoms with E-state index in [4.69, 9.17) is 11.5 Å². The number of benzene rings is 3. The van der Waals surface area contributed by atoms with E-state index >= 15 is 0 Å². The molecule has 4 N–H and O–H groups in total. The second-order valence-electron chi connectivity index (χ2n) is 6.20. The topological polar surface area (TPSA) is 69.1 Å². The molecule has 0 heterocycles. The Hall–Kier alpha value is -2.75. The third kappa shape index (κ3) is 3.53. The quantitative estimate of drug-likeness (QED) is 0.730. The Kier molecular flexibility index (Phi) is 5.08. The van der Waals surface area contributed by atoms with Crippen LogP contribution in [0.4, 0.5) is 0 Å². The molecule has 0 spiro atoms. The Labute approximate surface area is 148 Å². The van der Waals surface area contributed by atoms with E-state index in [1.54, 1.807) is 0 Å². The van der Waals surface area contributed by atoms with Gasteiger partial charge in [0, 0.05) is 0 Å². The molecule has 0 aliphatic heterocycles. The SMILES string of the molecule is N[C@@H](Cc1ccccc1)C(=O)C(N)(c1ccccc1)c1ccccc1. The highest BCUT2D eigenvalue weighted by Crippen LogP contribution is 2.29. The van der Waals surface area contributed by atoms with Gasteiger partial charge in [-0.15, -0.1) is 0 Å². The molecule has 0 bridgehead atoms. The van der Waals surface area contributed by atoms with E-state index in [9.17, 15) is 4.79 Å². The van der Waals surface area contributed by atoms with Gasteiger partial charge in [-0.3, -0.25) is 4.79 Å². The molecule has 3 rings (SSSR count). The summed E-state index contributed by atoms with van der Waals surface area (Å²) >= 11 is 0. The zero-order chi connectivity index (χ0) is 17.7. The predicted molar refractivity (Wildman–Crippen MR) is 101 cm³/mol. The van der Waals surface area contributed by atoms with Crippen LogP contribution in [0.25, 0.3) is 0 Å². The fourth-order valence-electron chi connectivity index (χ4n) is 3.11. The van der Waals surface area contributed by atoms with Gasteiger partial charge >= 0.3 is 0 Å². The molecule has 1 atom stereocenters. The minimum Gasteiger partial charge on any atom is -0.321 e. The molecule has 0 saturated heterocycles. The lowest BCUT2D eigenvalue weighted by atomic mass is 9.77. The van der Waals surface area contributed by atoms with Gasteiger partial charge in [0.05, 0.1) is 6.04 Å². The van der Waals surface area contributed by atoms with Crippen LogP contribution < -0.4 is 11.5 Å². The standard InChI is InChI=1S/C22H22N2O/c23-20(16-17-10-4-1-5-11-17)21(25)22(24,18-12-6-2-7-13-18)19-14-8-3-9-15-19/h1-15,20H,16,23-24H2/t20-/m0/s1. The largest absolute Gasteiger partial charge is 0.321 e. The Morgan fingerprint density at radius 1 is 0.760 bits per heavy atom. The number of hydrogen-bond donors (Lipinski definition) is 2. The van der Waals surface area contributed by atoms with Crippen molar-refractivity contribution in [2.75, 3.05) is 0 Å². The van der Waals surface area contributed by atoms with Crippen molar-refractivity contribution in [3.63, 3.8) is 0 Å². The van der Waals surface area contributed by atoms with Crippen molar-refractivity contribution in [3.05, 3.63) is 108 Å². The predicted octanol–water partition coefficient (Wildman–Crippen LogP) is 3.03. The van der Waals surface area contributed by atoms with E-state index in [0.29, 0.717) is 6.42 Å². The molecule has 3 aromatic carbocycles. The van der Waals surface area contributed by atoms with Gasteiger partial charge in [0.2, 0.25) is 0 Å². The molecule has 25 heavy (non-hydrogen) atoms. The van der Waals surface area contributed by atoms with E-state index in [1.807, 2.05) is 91.0 Å². The average molecular weight is 330 g/mol. The number of nitrogens with two attached hydrogens (primary N) is 2. The normalized spacial score (nSPS) is 12.6. The monoisotopic (exact) mass is 330 g/mol. The van der Waals surface area contributed by atoms with Crippen LogP contribution in [0.15, 0.2) is 91.0 Å². The Bertz CT molecular complexity index is 777. The lowest BCUT2D eigenvalue weighted by molar-refractivity contribution is -0.124. The van der Waals surface area contributed by atoms with Gasteiger partial charge in [-0.2, -0.15) is 0 Å². The smallest absolute Gasteiger partial charge is 0.178 e. The molecule has 0 unspecified atom stereocenters. The number of ketones is 1. The minimum atomic E-state index is -1.27. The van der Waals surface area contributed by atoms with Crippen LogP contribution in [-0.2, 0) is 16.8 Å². The summed E-state index contributed by atoms with van der Waals surface area (Å²) in [7, 11) is 0. The molecular formula is C22H22N2O. The molecule has 3 nitrogen and oxygen atoms in total. The van der Waals surface area contributed by atoms with Gasteiger partial charge in [-0.25, -0.2) is 0 Å². The Morgan fingerprint density at radius 2 is 1.16 bits per heavy atom. The van der Waals surface area contributed by atoms with Crippen LogP contribution in [0.5, 0.6) is 0 Å². The summed E-state index contributed by atoms with van der Waals surface area (Å²) in [6.45, 7) is 0. The number of carbonyl (C=O) groups excluding carboxylic acids is 1. The van der Waals surface area contributed by atoms with Crippen LogP contribution in [-0.4, -0.2) is 11.8 Å². The van der Waals surface area contributed by atoms with Gasteiger partial charge in [0.15, 0.2) is 5.78 Å². The van der Waals surface area contributed by atoms with Crippen LogP contribution in [0.1, 0.15) is 16.7 Å². The molecule has 0 aliphatic carbocycles. The second kappa shape index (κ2) is 7.43. The summed E-state index contributed by atoms with van der Waals surface area (Å²) in [4.78, 5) is 13.3. The third-order valence-corrected chi connectivity index (χ3v) is 4.48. The van der Waals surface area contributed by atoms with Gasteiger partial charge in [-0.05, 0) is 23.1 Å². The van der Waals surface area contributed by atoms with E-state index < -0.39 is 11.6 Å². The van der Waals surface area contributed by atoms with Crippen LogP contribution >= 0.6 is 0 Å². The molecule has 0 fully saturated rings. The van der Waals surface area contributed by atoms with Gasteiger partial charge < -0.3 is 11.5 Å². The van der Waals surface area contributed by atoms with Gasteiger partial charge in [0.25, 0.3) is 0 Å². The number of rotatable bonds is 6. The van der Waals surface area contributed by atoms with Crippen molar-refractivity contribution in [1.29, 1.82) is 0 Å². The first kappa shape index (κ1) is 17.1. The van der Waals surface area contributed by atoms with Crippen molar-refractivity contribution in [2.24, 2.45) is 11.5 Å². The summed E-state index contributed by atoms with van der Waals surface area (Å²) in [6, 6.07) is 27.9. The molecule has 0 aliphatic rings. The Balaban J connectivity index is 1.98. The molecule has 126 valence electrons. The van der Waals surface area contributed by atoms with Crippen molar-refractivity contribution in [1.82, 2.24) is 0 Å². The van der Waals surface area contributed by atoms with Crippen LogP contribution in [0, 0.1) is 0 Å². The lowest BCUT2D eigenvalue weighted by Crippen LogP contribution is -2.53. The van der Waals surface area contributed by atoms with Gasteiger partial charge in [-0.1, -0.05) is 91.0 Å². The molecule has 0 amide bonds. The van der Waals surface area contributed by atoms with Gasteiger partial charge in [0.1, 0.15) is 5.54 Å². The maximum absolute atomic E-state index is 13.3. The Morgan fingerprint density at radius 3 is 1.60 bits per heavy atom. The first-order valence-electron chi connectivity index (χ1n) is 8.36. The minimum absolute atomic E-state index is 0.186. The number of Topliss-reactive ketones (excluding diaryl/α,β-unsaturated/α-hetero) is 1. The fraction of sp³-hybridized carbons (Fsp3) is 0.136.